The fraction of sp³-hybridized carbons (Fsp3) is 0.292. The van der Waals surface area contributed by atoms with E-state index < -0.39 is 0 Å². The zero-order valence-electron chi connectivity index (χ0n) is 19.8. The molecule has 1 saturated heterocycles. The van der Waals surface area contributed by atoms with Gasteiger partial charge in [-0.15, -0.1) is 0 Å². The molecule has 0 bridgehead atoms. The Balaban J connectivity index is 1.62. The highest BCUT2D eigenvalue weighted by molar-refractivity contribution is 6.23. The number of nitrogens with zero attached hydrogens (tertiary/aromatic N) is 4. The van der Waals surface area contributed by atoms with Crippen molar-refractivity contribution >= 4 is 43.2 Å². The molecule has 3 aromatic rings. The van der Waals surface area contributed by atoms with Crippen LogP contribution in [-0.4, -0.2) is 60.0 Å². The number of anilines is 2. The van der Waals surface area contributed by atoms with Crippen molar-refractivity contribution in [2.45, 2.75) is 12.8 Å². The first-order chi connectivity index (χ1) is 17.0. The number of aromatic nitrogens is 3. The van der Waals surface area contributed by atoms with Crippen LogP contribution >= 0.6 is 0 Å². The number of hydrogen-bond donors (Lipinski definition) is 4. The van der Waals surface area contributed by atoms with Crippen LogP contribution in [0.25, 0.3) is 18.3 Å². The van der Waals surface area contributed by atoms with Gasteiger partial charge in [0.25, 0.3) is 5.91 Å². The molecule has 2 aromatic heterocycles. The van der Waals surface area contributed by atoms with E-state index in [-0.39, 0.29) is 11.7 Å². The van der Waals surface area contributed by atoms with E-state index in [0.29, 0.717) is 30.4 Å². The third-order valence-corrected chi connectivity index (χ3v) is 6.11. The quantitative estimate of drug-likeness (QED) is 0.266. The van der Waals surface area contributed by atoms with Gasteiger partial charge in [0, 0.05) is 20.2 Å². The number of benzene rings is 1. The van der Waals surface area contributed by atoms with Crippen molar-refractivity contribution in [3.63, 3.8) is 0 Å². The molecule has 1 aliphatic heterocycles. The summed E-state index contributed by atoms with van der Waals surface area (Å²) < 4.78 is 6.46. The Labute approximate surface area is 204 Å². The fourth-order valence-corrected chi connectivity index (χ4v) is 4.28. The normalized spacial score (nSPS) is 15.2. The van der Waals surface area contributed by atoms with Crippen LogP contribution in [0.2, 0.25) is 0 Å². The first-order valence-electron chi connectivity index (χ1n) is 11.5. The summed E-state index contributed by atoms with van der Waals surface area (Å²) in [7, 11) is 2.23. The number of aromatic hydroxyl groups is 1. The van der Waals surface area contributed by atoms with E-state index in [2.05, 4.69) is 32.1 Å². The van der Waals surface area contributed by atoms with Gasteiger partial charge in [-0.2, -0.15) is 5.10 Å². The molecule has 1 aliphatic rings. The van der Waals surface area contributed by atoms with Crippen molar-refractivity contribution in [1.82, 2.24) is 19.8 Å². The van der Waals surface area contributed by atoms with E-state index >= 15 is 0 Å². The molecule has 0 aliphatic carbocycles. The lowest BCUT2D eigenvalue weighted by atomic mass is 9.95. The average molecular weight is 475 g/mol. The molecule has 0 atom stereocenters. The van der Waals surface area contributed by atoms with Crippen LogP contribution in [0.5, 0.6) is 5.75 Å². The van der Waals surface area contributed by atoms with E-state index in [0.717, 1.165) is 48.6 Å². The molecule has 11 heteroatoms. The lowest BCUT2D eigenvalue weighted by Gasteiger charge is -2.35. The maximum Gasteiger partial charge on any atom is 0.360 e. The Morgan fingerprint density at radius 2 is 2.17 bits per heavy atom. The summed E-state index contributed by atoms with van der Waals surface area (Å²) >= 11 is 0. The number of piperidine rings is 1. The van der Waals surface area contributed by atoms with Gasteiger partial charge >= 0.3 is 7.62 Å². The highest BCUT2D eigenvalue weighted by atomic mass is 16.4. The molecule has 5 N–H and O–H groups in total. The van der Waals surface area contributed by atoms with Gasteiger partial charge in [-0.05, 0) is 60.2 Å². The Morgan fingerprint density at radius 1 is 1.37 bits per heavy atom. The van der Waals surface area contributed by atoms with Crippen LogP contribution in [0.15, 0.2) is 43.0 Å². The molecule has 4 rings (SSSR count). The van der Waals surface area contributed by atoms with Gasteiger partial charge in [-0.25, -0.2) is 9.50 Å². The van der Waals surface area contributed by atoms with Crippen LogP contribution < -0.4 is 31.6 Å². The van der Waals surface area contributed by atoms with Gasteiger partial charge in [0.15, 0.2) is 11.4 Å². The minimum absolute atomic E-state index is 0.0326. The highest BCUT2D eigenvalue weighted by Gasteiger charge is 2.23. The second kappa shape index (κ2) is 11.1. The van der Waals surface area contributed by atoms with Crippen LogP contribution in [0.1, 0.15) is 23.2 Å². The lowest BCUT2D eigenvalue weighted by molar-refractivity contribution is 0.102. The topological polar surface area (TPSA) is 130 Å². The van der Waals surface area contributed by atoms with E-state index in [4.69, 9.17) is 10.4 Å². The lowest BCUT2D eigenvalue weighted by Crippen LogP contribution is -2.39. The van der Waals surface area contributed by atoms with Crippen molar-refractivity contribution in [2.24, 2.45) is 11.7 Å². The van der Waals surface area contributed by atoms with Crippen LogP contribution in [0, 0.1) is 5.92 Å². The Kier molecular flexibility index (Phi) is 7.68. The SMILES string of the molecule is C=c1cc(N2CCC(CNBOC)CC2)c(NC(=O)c2cnn3cc(O)cnc23)c/c1=C/C=C\N. The van der Waals surface area contributed by atoms with Crippen molar-refractivity contribution in [3.05, 3.63) is 59.0 Å². The number of allylic oxidation sites excluding steroid dienone is 1. The van der Waals surface area contributed by atoms with Crippen molar-refractivity contribution < 1.29 is 14.6 Å². The monoisotopic (exact) mass is 475 g/mol. The molecule has 1 amide bonds. The van der Waals surface area contributed by atoms with E-state index in [1.165, 1.54) is 29.3 Å². The molecule has 1 aromatic carbocycles. The molecule has 3 heterocycles. The van der Waals surface area contributed by atoms with E-state index in [9.17, 15) is 9.90 Å². The summed E-state index contributed by atoms with van der Waals surface area (Å²) in [6.07, 6.45) is 11.2. The Bertz CT molecular complexity index is 1330. The van der Waals surface area contributed by atoms with Gasteiger partial charge in [0.2, 0.25) is 0 Å². The number of carbonyl (C=O) groups is 1. The van der Waals surface area contributed by atoms with Crippen molar-refractivity contribution in [3.8, 4) is 5.75 Å². The third-order valence-electron chi connectivity index (χ3n) is 6.11. The van der Waals surface area contributed by atoms with Gasteiger partial charge in [-0.3, -0.25) is 4.79 Å². The third kappa shape index (κ3) is 5.64. The van der Waals surface area contributed by atoms with Crippen molar-refractivity contribution in [1.29, 1.82) is 0 Å². The Morgan fingerprint density at radius 3 is 2.91 bits per heavy atom. The molecule has 182 valence electrons. The first-order valence-corrected chi connectivity index (χ1v) is 11.5. The zero-order chi connectivity index (χ0) is 24.8. The maximum atomic E-state index is 13.3. The maximum absolute atomic E-state index is 13.3. The van der Waals surface area contributed by atoms with Gasteiger partial charge in [0.1, 0.15) is 5.56 Å². The number of carbonyl (C=O) groups excluding carboxylic acids is 1. The van der Waals surface area contributed by atoms with Gasteiger partial charge < -0.3 is 30.9 Å². The van der Waals surface area contributed by atoms with Crippen LogP contribution in [0.3, 0.4) is 0 Å². The van der Waals surface area contributed by atoms with Crippen LogP contribution in [0.4, 0.5) is 11.4 Å². The summed E-state index contributed by atoms with van der Waals surface area (Å²) in [5, 5.41) is 21.8. The fourth-order valence-electron chi connectivity index (χ4n) is 4.28. The number of hydrogen-bond acceptors (Lipinski definition) is 8. The summed E-state index contributed by atoms with van der Waals surface area (Å²) in [6.45, 7) is 6.85. The summed E-state index contributed by atoms with van der Waals surface area (Å²) in [6, 6.07) is 3.91. The standard InChI is InChI=1S/C24H30BN7O3/c1-16-10-22(31-8-5-17(6-9-31)12-28-25-35-2)21(11-18(16)4-3-7-26)30-24(34)20-14-29-32-15-19(33)13-27-23(20)32/h3-4,7,10-11,13-15,17,25,28,33H,1,5-6,8-9,12,26H2,2H3,(H,30,34)/b7-3-,18-4-. The number of nitrogens with one attached hydrogen (secondary N) is 2. The summed E-state index contributed by atoms with van der Waals surface area (Å²) in [5.41, 5.74) is 7.78. The summed E-state index contributed by atoms with van der Waals surface area (Å²) in [5.74, 6) is 0.201. The molecule has 0 saturated carbocycles. The second-order valence-electron chi connectivity index (χ2n) is 8.53. The highest BCUT2D eigenvalue weighted by Crippen LogP contribution is 2.28. The number of nitrogens with two attached hydrogens (primary N) is 1. The predicted molar refractivity (Wildman–Crippen MR) is 139 cm³/mol. The van der Waals surface area contributed by atoms with E-state index in [1.54, 1.807) is 13.2 Å². The summed E-state index contributed by atoms with van der Waals surface area (Å²) in [4.78, 5) is 19.7. The predicted octanol–water partition coefficient (Wildman–Crippen LogP) is 0.0693. The molecule has 0 unspecified atom stereocenters. The van der Waals surface area contributed by atoms with Gasteiger partial charge in [-0.1, -0.05) is 12.7 Å². The molecule has 10 nitrogen and oxygen atoms in total. The van der Waals surface area contributed by atoms with Crippen LogP contribution in [-0.2, 0) is 4.65 Å². The molecular weight excluding hydrogens is 445 g/mol. The zero-order valence-corrected chi connectivity index (χ0v) is 19.8. The number of rotatable bonds is 8. The van der Waals surface area contributed by atoms with Crippen molar-refractivity contribution in [2.75, 3.05) is 37.0 Å². The minimum Gasteiger partial charge on any atom is -0.505 e. The largest absolute Gasteiger partial charge is 0.505 e. The molecule has 1 fully saturated rings. The number of fused-ring (bicyclic) bond motifs is 1. The van der Waals surface area contributed by atoms with E-state index in [1.807, 2.05) is 18.2 Å². The Hall–Kier alpha value is -3.83. The molecular formula is C24H30BN7O3. The average Bonchev–Trinajstić information content (AvgIpc) is 3.28. The first kappa shape index (κ1) is 24.3. The molecule has 35 heavy (non-hydrogen) atoms. The molecule has 0 radical (unpaired) electrons. The second-order valence-corrected chi connectivity index (χ2v) is 8.53. The minimum atomic E-state index is -0.338. The smallest absolute Gasteiger partial charge is 0.360 e. The molecule has 0 spiro atoms. The number of amides is 1. The van der Waals surface area contributed by atoms with Gasteiger partial charge in [0.05, 0.1) is 30.0 Å².